The first-order chi connectivity index (χ1) is 7.74. The zero-order valence-electron chi connectivity index (χ0n) is 9.75. The summed E-state index contributed by atoms with van der Waals surface area (Å²) in [6.45, 7) is 3.42. The lowest BCUT2D eigenvalue weighted by Gasteiger charge is -2.27. The van der Waals surface area contributed by atoms with Crippen LogP contribution in [0.3, 0.4) is 0 Å². The third-order valence-corrected chi connectivity index (χ3v) is 3.57. The molecule has 2 nitrogen and oxygen atoms in total. The van der Waals surface area contributed by atoms with Crippen molar-refractivity contribution in [2.75, 3.05) is 11.9 Å². The Hall–Kier alpha value is -0.760. The third kappa shape index (κ3) is 3.38. The number of halogens is 1. The molecule has 1 aromatic rings. The molecule has 0 radical (unpaired) electrons. The van der Waals surface area contributed by atoms with Crippen molar-refractivity contribution in [3.05, 3.63) is 23.5 Å². The van der Waals surface area contributed by atoms with Crippen LogP contribution in [-0.4, -0.2) is 11.5 Å². The number of anilines is 1. The van der Waals surface area contributed by atoms with E-state index in [-0.39, 0.29) is 0 Å². The Kier molecular flexibility index (Phi) is 4.05. The Morgan fingerprint density at radius 2 is 2.38 bits per heavy atom. The van der Waals surface area contributed by atoms with Crippen molar-refractivity contribution in [1.29, 1.82) is 0 Å². The van der Waals surface area contributed by atoms with Gasteiger partial charge in [-0.15, -0.1) is 0 Å². The highest BCUT2D eigenvalue weighted by Crippen LogP contribution is 2.28. The van der Waals surface area contributed by atoms with E-state index < -0.39 is 0 Å². The molecule has 0 amide bonds. The van der Waals surface area contributed by atoms with Gasteiger partial charge in [0.1, 0.15) is 5.15 Å². The second-order valence-electron chi connectivity index (χ2n) is 4.89. The number of hydrogen-bond acceptors (Lipinski definition) is 2. The molecule has 88 valence electrons. The summed E-state index contributed by atoms with van der Waals surface area (Å²) in [7, 11) is 0. The Morgan fingerprint density at radius 3 is 3.12 bits per heavy atom. The van der Waals surface area contributed by atoms with E-state index in [0.717, 1.165) is 24.1 Å². The van der Waals surface area contributed by atoms with Crippen LogP contribution in [0.1, 0.15) is 32.6 Å². The first-order valence-corrected chi connectivity index (χ1v) is 6.47. The monoisotopic (exact) mass is 238 g/mol. The van der Waals surface area contributed by atoms with Crippen LogP contribution < -0.4 is 5.32 Å². The van der Waals surface area contributed by atoms with Crippen LogP contribution in [0.4, 0.5) is 5.69 Å². The maximum Gasteiger partial charge on any atom is 0.131 e. The smallest absolute Gasteiger partial charge is 0.131 e. The standard InChI is InChI=1S/C13H19ClN2/c1-10-3-2-4-11(7-10)9-16-12-5-6-15-13(14)8-12/h5-6,8,10-11H,2-4,7,9H2,1H3,(H,15,16). The Labute approximate surface area is 102 Å². The highest BCUT2D eigenvalue weighted by atomic mass is 35.5. The van der Waals surface area contributed by atoms with E-state index in [1.54, 1.807) is 6.20 Å². The largest absolute Gasteiger partial charge is 0.385 e. The quantitative estimate of drug-likeness (QED) is 0.806. The van der Waals surface area contributed by atoms with E-state index in [0.29, 0.717) is 5.15 Å². The lowest BCUT2D eigenvalue weighted by Crippen LogP contribution is -2.20. The molecule has 0 aliphatic heterocycles. The summed E-state index contributed by atoms with van der Waals surface area (Å²) in [6, 6.07) is 3.85. The average Bonchev–Trinajstić information content (AvgIpc) is 2.27. The second-order valence-corrected chi connectivity index (χ2v) is 5.27. The Morgan fingerprint density at radius 1 is 1.50 bits per heavy atom. The molecule has 1 heterocycles. The molecule has 1 fully saturated rings. The number of aromatic nitrogens is 1. The van der Waals surface area contributed by atoms with Crippen molar-refractivity contribution in [1.82, 2.24) is 4.98 Å². The van der Waals surface area contributed by atoms with E-state index in [4.69, 9.17) is 11.6 Å². The highest BCUT2D eigenvalue weighted by molar-refractivity contribution is 6.29. The number of nitrogens with one attached hydrogen (secondary N) is 1. The van der Waals surface area contributed by atoms with Crippen molar-refractivity contribution in [3.63, 3.8) is 0 Å². The fraction of sp³-hybridized carbons (Fsp3) is 0.615. The predicted molar refractivity (Wildman–Crippen MR) is 68.9 cm³/mol. The molecule has 0 saturated heterocycles. The van der Waals surface area contributed by atoms with Crippen LogP contribution in [0.15, 0.2) is 18.3 Å². The topological polar surface area (TPSA) is 24.9 Å². The van der Waals surface area contributed by atoms with Crippen LogP contribution in [0.2, 0.25) is 5.15 Å². The number of nitrogens with zero attached hydrogens (tertiary/aromatic N) is 1. The lowest BCUT2D eigenvalue weighted by molar-refractivity contribution is 0.293. The molecule has 2 unspecified atom stereocenters. The molecule has 0 spiro atoms. The molecular weight excluding hydrogens is 220 g/mol. The van der Waals surface area contributed by atoms with Crippen LogP contribution in [0.25, 0.3) is 0 Å². The molecule has 1 N–H and O–H groups in total. The minimum Gasteiger partial charge on any atom is -0.385 e. The normalized spacial score (nSPS) is 25.4. The molecule has 2 rings (SSSR count). The summed E-state index contributed by atoms with van der Waals surface area (Å²) in [4.78, 5) is 3.97. The minimum absolute atomic E-state index is 0.557. The van der Waals surface area contributed by atoms with Crippen molar-refractivity contribution < 1.29 is 0 Å². The zero-order valence-corrected chi connectivity index (χ0v) is 10.5. The SMILES string of the molecule is CC1CCCC(CNc2ccnc(Cl)c2)C1. The van der Waals surface area contributed by atoms with Gasteiger partial charge in [0.15, 0.2) is 0 Å². The highest BCUT2D eigenvalue weighted by Gasteiger charge is 2.18. The van der Waals surface area contributed by atoms with E-state index in [1.165, 1.54) is 25.7 Å². The summed E-state index contributed by atoms with van der Waals surface area (Å²) < 4.78 is 0. The summed E-state index contributed by atoms with van der Waals surface area (Å²) >= 11 is 5.84. The van der Waals surface area contributed by atoms with Crippen LogP contribution in [0.5, 0.6) is 0 Å². The van der Waals surface area contributed by atoms with E-state index in [9.17, 15) is 0 Å². The summed E-state index contributed by atoms with van der Waals surface area (Å²) in [5, 5.41) is 4.01. The molecule has 1 aliphatic rings. The van der Waals surface area contributed by atoms with Crippen LogP contribution in [-0.2, 0) is 0 Å². The van der Waals surface area contributed by atoms with E-state index in [1.807, 2.05) is 12.1 Å². The van der Waals surface area contributed by atoms with E-state index in [2.05, 4.69) is 17.2 Å². The van der Waals surface area contributed by atoms with Crippen molar-refractivity contribution in [2.45, 2.75) is 32.6 Å². The van der Waals surface area contributed by atoms with Crippen molar-refractivity contribution >= 4 is 17.3 Å². The minimum atomic E-state index is 0.557. The second kappa shape index (κ2) is 5.53. The van der Waals surface area contributed by atoms with Gasteiger partial charge in [-0.2, -0.15) is 0 Å². The summed E-state index contributed by atoms with van der Waals surface area (Å²) in [5.41, 5.74) is 1.08. The lowest BCUT2D eigenvalue weighted by atomic mass is 9.82. The van der Waals surface area contributed by atoms with Gasteiger partial charge >= 0.3 is 0 Å². The molecule has 3 heteroatoms. The van der Waals surface area contributed by atoms with E-state index >= 15 is 0 Å². The fourth-order valence-corrected chi connectivity index (χ4v) is 2.69. The maximum atomic E-state index is 5.84. The van der Waals surface area contributed by atoms with Crippen LogP contribution in [0, 0.1) is 11.8 Å². The zero-order chi connectivity index (χ0) is 11.4. The third-order valence-electron chi connectivity index (χ3n) is 3.37. The van der Waals surface area contributed by atoms with Crippen molar-refractivity contribution in [3.8, 4) is 0 Å². The molecule has 1 aliphatic carbocycles. The molecule has 16 heavy (non-hydrogen) atoms. The number of hydrogen-bond donors (Lipinski definition) is 1. The number of rotatable bonds is 3. The van der Waals surface area contributed by atoms with Gasteiger partial charge < -0.3 is 5.32 Å². The maximum absolute atomic E-state index is 5.84. The Balaban J connectivity index is 1.82. The summed E-state index contributed by atoms with van der Waals surface area (Å²) in [6.07, 6.45) is 7.23. The Bertz CT molecular complexity index is 340. The van der Waals surface area contributed by atoms with Gasteiger partial charge in [0.25, 0.3) is 0 Å². The van der Waals surface area contributed by atoms with Gasteiger partial charge in [-0.1, -0.05) is 31.4 Å². The van der Waals surface area contributed by atoms with Crippen molar-refractivity contribution in [2.24, 2.45) is 11.8 Å². The van der Waals surface area contributed by atoms with Crippen LogP contribution >= 0.6 is 11.6 Å². The number of pyridine rings is 1. The first-order valence-electron chi connectivity index (χ1n) is 6.09. The summed E-state index contributed by atoms with van der Waals surface area (Å²) in [5.74, 6) is 1.71. The average molecular weight is 239 g/mol. The molecule has 0 aromatic carbocycles. The van der Waals surface area contributed by atoms with Gasteiger partial charge in [-0.3, -0.25) is 0 Å². The molecule has 2 atom stereocenters. The molecule has 0 bridgehead atoms. The fourth-order valence-electron chi connectivity index (χ4n) is 2.52. The predicted octanol–water partition coefficient (Wildman–Crippen LogP) is 3.97. The first kappa shape index (κ1) is 11.7. The van der Waals surface area contributed by atoms with Gasteiger partial charge in [0.05, 0.1) is 0 Å². The molecular formula is C13H19ClN2. The van der Waals surface area contributed by atoms with Gasteiger partial charge in [-0.05, 0) is 36.8 Å². The van der Waals surface area contributed by atoms with Gasteiger partial charge in [0, 0.05) is 18.4 Å². The molecule has 1 aromatic heterocycles. The van der Waals surface area contributed by atoms with Gasteiger partial charge in [-0.25, -0.2) is 4.98 Å². The van der Waals surface area contributed by atoms with Gasteiger partial charge in [0.2, 0.25) is 0 Å². The molecule has 1 saturated carbocycles.